The number of imidazole rings is 1. The molecule has 3 aromatic rings. The summed E-state index contributed by atoms with van der Waals surface area (Å²) in [6, 6.07) is 14.6. The molecule has 3 rings (SSSR count). The topological polar surface area (TPSA) is 39.4 Å². The number of nitrogens with zero attached hydrogens (tertiary/aromatic N) is 3. The third-order valence-electron chi connectivity index (χ3n) is 3.63. The molecule has 0 saturated carbocycles. The zero-order chi connectivity index (χ0) is 17.1. The Morgan fingerprint density at radius 1 is 1.21 bits per heavy atom. The van der Waals surface area contributed by atoms with E-state index in [1.807, 2.05) is 31.2 Å². The van der Waals surface area contributed by atoms with Crippen molar-refractivity contribution >= 4 is 16.7 Å². The highest BCUT2D eigenvalue weighted by molar-refractivity contribution is 5.98. The molecule has 2 aromatic carbocycles. The molecule has 1 aromatic heterocycles. The third-order valence-corrected chi connectivity index (χ3v) is 3.63. The van der Waals surface area contributed by atoms with Gasteiger partial charge in [-0.25, -0.2) is 4.98 Å². The van der Waals surface area contributed by atoms with Gasteiger partial charge in [-0.2, -0.15) is 8.78 Å². The number of hydrogen-bond donors (Lipinski definition) is 0. The summed E-state index contributed by atoms with van der Waals surface area (Å²) in [7, 11) is 0. The van der Waals surface area contributed by atoms with Crippen LogP contribution in [0.2, 0.25) is 0 Å². The Morgan fingerprint density at radius 2 is 2.00 bits per heavy atom. The normalized spacial score (nSPS) is 12.1. The first-order chi connectivity index (χ1) is 11.6. The third kappa shape index (κ3) is 3.27. The smallest absolute Gasteiger partial charge is 0.320 e. The van der Waals surface area contributed by atoms with Crippen molar-refractivity contribution in [1.82, 2.24) is 9.55 Å². The Kier molecular flexibility index (Phi) is 4.55. The largest absolute Gasteiger partial charge is 0.391 e. The van der Waals surface area contributed by atoms with Crippen LogP contribution in [0.4, 0.5) is 8.78 Å². The first kappa shape index (κ1) is 16.1. The molecule has 4 nitrogen and oxygen atoms in total. The van der Waals surface area contributed by atoms with Gasteiger partial charge in [-0.1, -0.05) is 47.1 Å². The molecule has 0 unspecified atom stereocenters. The summed E-state index contributed by atoms with van der Waals surface area (Å²) in [6.45, 7) is 1.17. The minimum Gasteiger partial charge on any atom is -0.391 e. The summed E-state index contributed by atoms with van der Waals surface area (Å²) in [4.78, 5) is 9.56. The van der Waals surface area contributed by atoms with Crippen molar-refractivity contribution in [1.29, 1.82) is 0 Å². The van der Waals surface area contributed by atoms with E-state index >= 15 is 0 Å². The molecule has 0 spiro atoms. The summed E-state index contributed by atoms with van der Waals surface area (Å²) in [5.41, 5.74) is 3.26. The number of alkyl halides is 2. The van der Waals surface area contributed by atoms with Crippen LogP contribution in [0.15, 0.2) is 53.7 Å². The quantitative estimate of drug-likeness (QED) is 0.503. The molecule has 0 aliphatic heterocycles. The standard InChI is InChI=1S/C18H17F2N3O/c1-12-6-5-7-14(10-12)11-24-22-13(2)17-21-15-8-3-4-9-16(15)23(17)18(19)20/h3-10,18H,11H2,1-2H3/b22-13-. The summed E-state index contributed by atoms with van der Waals surface area (Å²) in [5, 5.41) is 3.96. The van der Waals surface area contributed by atoms with Gasteiger partial charge >= 0.3 is 6.55 Å². The van der Waals surface area contributed by atoms with Crippen LogP contribution in [0.1, 0.15) is 30.4 Å². The van der Waals surface area contributed by atoms with Crippen molar-refractivity contribution < 1.29 is 13.6 Å². The fourth-order valence-corrected chi connectivity index (χ4v) is 2.54. The zero-order valence-corrected chi connectivity index (χ0v) is 13.4. The molecular weight excluding hydrogens is 312 g/mol. The fraction of sp³-hybridized carbons (Fsp3) is 0.222. The molecule has 0 N–H and O–H groups in total. The number of hydrogen-bond acceptors (Lipinski definition) is 3. The number of benzene rings is 2. The van der Waals surface area contributed by atoms with Gasteiger partial charge in [0.05, 0.1) is 11.0 Å². The van der Waals surface area contributed by atoms with Gasteiger partial charge < -0.3 is 4.84 Å². The van der Waals surface area contributed by atoms with E-state index in [-0.39, 0.29) is 12.4 Å². The van der Waals surface area contributed by atoms with Gasteiger partial charge in [0, 0.05) is 0 Å². The van der Waals surface area contributed by atoms with Crippen LogP contribution < -0.4 is 0 Å². The van der Waals surface area contributed by atoms with Crippen LogP contribution in [0.5, 0.6) is 0 Å². The average molecular weight is 329 g/mol. The minimum atomic E-state index is -2.70. The second-order valence-corrected chi connectivity index (χ2v) is 5.51. The highest BCUT2D eigenvalue weighted by Gasteiger charge is 2.19. The molecule has 0 aliphatic carbocycles. The molecule has 6 heteroatoms. The molecule has 0 amide bonds. The molecular formula is C18H17F2N3O. The van der Waals surface area contributed by atoms with Gasteiger partial charge in [0.15, 0.2) is 5.82 Å². The van der Waals surface area contributed by atoms with Gasteiger partial charge in [-0.15, -0.1) is 0 Å². The average Bonchev–Trinajstić information content (AvgIpc) is 2.94. The summed E-state index contributed by atoms with van der Waals surface area (Å²) in [6.07, 6.45) is 0. The maximum absolute atomic E-state index is 13.4. The highest BCUT2D eigenvalue weighted by atomic mass is 19.3. The lowest BCUT2D eigenvalue weighted by Crippen LogP contribution is -2.10. The van der Waals surface area contributed by atoms with E-state index < -0.39 is 6.55 Å². The van der Waals surface area contributed by atoms with Crippen molar-refractivity contribution in [2.24, 2.45) is 5.16 Å². The van der Waals surface area contributed by atoms with E-state index in [2.05, 4.69) is 10.1 Å². The first-order valence-electron chi connectivity index (χ1n) is 7.54. The Morgan fingerprint density at radius 3 is 2.75 bits per heavy atom. The van der Waals surface area contributed by atoms with Crippen LogP contribution >= 0.6 is 0 Å². The maximum Gasteiger partial charge on any atom is 0.320 e. The molecule has 0 atom stereocenters. The van der Waals surface area contributed by atoms with Crippen LogP contribution in [0.3, 0.4) is 0 Å². The van der Waals surface area contributed by atoms with Gasteiger partial charge in [-0.3, -0.25) is 4.57 Å². The highest BCUT2D eigenvalue weighted by Crippen LogP contribution is 2.23. The van der Waals surface area contributed by atoms with Crippen molar-refractivity contribution in [3.05, 3.63) is 65.5 Å². The Bertz CT molecular complexity index is 887. The number of halogens is 2. The Hall–Kier alpha value is -2.76. The van der Waals surface area contributed by atoms with Crippen LogP contribution in [0, 0.1) is 6.92 Å². The Labute approximate surface area is 138 Å². The summed E-state index contributed by atoms with van der Waals surface area (Å²) < 4.78 is 27.7. The fourth-order valence-electron chi connectivity index (χ4n) is 2.54. The van der Waals surface area contributed by atoms with Crippen LogP contribution in [-0.4, -0.2) is 15.3 Å². The number of para-hydroxylation sites is 2. The maximum atomic E-state index is 13.4. The summed E-state index contributed by atoms with van der Waals surface area (Å²) >= 11 is 0. The van der Waals surface area contributed by atoms with E-state index in [0.29, 0.717) is 16.7 Å². The van der Waals surface area contributed by atoms with Gasteiger partial charge in [0.25, 0.3) is 0 Å². The van der Waals surface area contributed by atoms with Crippen molar-refractivity contribution in [3.63, 3.8) is 0 Å². The van der Waals surface area contributed by atoms with Crippen molar-refractivity contribution in [3.8, 4) is 0 Å². The zero-order valence-electron chi connectivity index (χ0n) is 13.4. The lowest BCUT2D eigenvalue weighted by molar-refractivity contribution is 0.0736. The van der Waals surface area contributed by atoms with Gasteiger partial charge in [-0.05, 0) is 31.5 Å². The lowest BCUT2D eigenvalue weighted by atomic mass is 10.1. The predicted octanol–water partition coefficient (Wildman–Crippen LogP) is 4.68. The van der Waals surface area contributed by atoms with Gasteiger partial charge in [0.2, 0.25) is 0 Å². The lowest BCUT2D eigenvalue weighted by Gasteiger charge is -2.07. The second-order valence-electron chi connectivity index (χ2n) is 5.51. The van der Waals surface area contributed by atoms with Crippen molar-refractivity contribution in [2.75, 3.05) is 0 Å². The SMILES string of the molecule is C/C(=N/OCc1cccc(C)c1)c1nc2ccccc2n1C(F)F. The molecule has 0 fully saturated rings. The Balaban J connectivity index is 1.85. The second kappa shape index (κ2) is 6.78. The molecule has 24 heavy (non-hydrogen) atoms. The van der Waals surface area contributed by atoms with E-state index in [1.54, 1.807) is 31.2 Å². The number of aryl methyl sites for hydroxylation is 1. The van der Waals surface area contributed by atoms with Crippen LogP contribution in [-0.2, 0) is 11.4 Å². The molecule has 0 radical (unpaired) electrons. The van der Waals surface area contributed by atoms with E-state index in [1.165, 1.54) is 0 Å². The van der Waals surface area contributed by atoms with Gasteiger partial charge in [0.1, 0.15) is 12.3 Å². The van der Waals surface area contributed by atoms with E-state index in [9.17, 15) is 8.78 Å². The number of rotatable bonds is 5. The molecule has 0 aliphatic rings. The molecule has 1 heterocycles. The molecule has 0 saturated heterocycles. The van der Waals surface area contributed by atoms with E-state index in [0.717, 1.165) is 15.7 Å². The predicted molar refractivity (Wildman–Crippen MR) is 89.2 cm³/mol. The number of fused-ring (bicyclic) bond motifs is 1. The van der Waals surface area contributed by atoms with E-state index in [4.69, 9.17) is 4.84 Å². The van der Waals surface area contributed by atoms with Crippen LogP contribution in [0.25, 0.3) is 11.0 Å². The monoisotopic (exact) mass is 329 g/mol. The van der Waals surface area contributed by atoms with Crippen molar-refractivity contribution in [2.45, 2.75) is 27.0 Å². The molecule has 0 bridgehead atoms. The summed E-state index contributed by atoms with van der Waals surface area (Å²) in [5.74, 6) is 0.107. The number of oxime groups is 1. The molecule has 124 valence electrons. The number of aromatic nitrogens is 2. The minimum absolute atomic E-state index is 0.107. The first-order valence-corrected chi connectivity index (χ1v) is 7.54.